The SMILES string of the molecule is CC(C)C1CN(CC2CSc3ccccc32)C(C)CCN1. The normalized spacial score (nSPS) is 30.4. The van der Waals surface area contributed by atoms with Crippen molar-refractivity contribution in [2.24, 2.45) is 5.92 Å². The highest BCUT2D eigenvalue weighted by molar-refractivity contribution is 7.99. The van der Waals surface area contributed by atoms with E-state index in [0.29, 0.717) is 23.9 Å². The van der Waals surface area contributed by atoms with Crippen LogP contribution in [0, 0.1) is 5.92 Å². The van der Waals surface area contributed by atoms with Crippen LogP contribution in [0.15, 0.2) is 29.2 Å². The summed E-state index contributed by atoms with van der Waals surface area (Å²) in [4.78, 5) is 4.24. The summed E-state index contributed by atoms with van der Waals surface area (Å²) in [6, 6.07) is 10.3. The van der Waals surface area contributed by atoms with E-state index in [4.69, 9.17) is 0 Å². The molecule has 0 amide bonds. The van der Waals surface area contributed by atoms with Gasteiger partial charge in [0.15, 0.2) is 0 Å². The van der Waals surface area contributed by atoms with E-state index in [-0.39, 0.29) is 0 Å². The Kier molecular flexibility index (Phi) is 4.92. The van der Waals surface area contributed by atoms with Crippen LogP contribution in [0.5, 0.6) is 0 Å². The van der Waals surface area contributed by atoms with E-state index in [9.17, 15) is 0 Å². The molecule has 2 heterocycles. The van der Waals surface area contributed by atoms with Crippen molar-refractivity contribution in [1.29, 1.82) is 0 Å². The molecule has 0 aromatic heterocycles. The van der Waals surface area contributed by atoms with Crippen LogP contribution >= 0.6 is 11.8 Å². The first kappa shape index (κ1) is 15.4. The van der Waals surface area contributed by atoms with Crippen molar-refractivity contribution in [3.05, 3.63) is 29.8 Å². The van der Waals surface area contributed by atoms with E-state index in [1.165, 1.54) is 30.2 Å². The molecular formula is C18H28N2S. The maximum atomic E-state index is 3.74. The van der Waals surface area contributed by atoms with Gasteiger partial charge in [-0.05, 0) is 37.4 Å². The third kappa shape index (κ3) is 3.46. The van der Waals surface area contributed by atoms with Crippen LogP contribution in [0.2, 0.25) is 0 Å². The molecule has 1 fully saturated rings. The van der Waals surface area contributed by atoms with E-state index in [0.717, 1.165) is 6.54 Å². The number of hydrogen-bond donors (Lipinski definition) is 1. The first-order valence-corrected chi connectivity index (χ1v) is 9.33. The first-order chi connectivity index (χ1) is 10.1. The van der Waals surface area contributed by atoms with Crippen molar-refractivity contribution in [1.82, 2.24) is 10.2 Å². The van der Waals surface area contributed by atoms with E-state index in [2.05, 4.69) is 55.3 Å². The maximum absolute atomic E-state index is 3.74. The molecule has 116 valence electrons. The summed E-state index contributed by atoms with van der Waals surface area (Å²) in [5.41, 5.74) is 1.58. The summed E-state index contributed by atoms with van der Waals surface area (Å²) < 4.78 is 0. The minimum Gasteiger partial charge on any atom is -0.312 e. The first-order valence-electron chi connectivity index (χ1n) is 8.34. The summed E-state index contributed by atoms with van der Waals surface area (Å²) in [6.45, 7) is 10.7. The summed E-state index contributed by atoms with van der Waals surface area (Å²) in [5.74, 6) is 2.67. The molecule has 2 aliphatic rings. The number of hydrogen-bond acceptors (Lipinski definition) is 3. The summed E-state index contributed by atoms with van der Waals surface area (Å²) >= 11 is 2.04. The Hall–Kier alpha value is -0.510. The molecule has 0 radical (unpaired) electrons. The second kappa shape index (κ2) is 6.72. The fourth-order valence-corrected chi connectivity index (χ4v) is 4.76. The minimum atomic E-state index is 0.638. The molecule has 2 aliphatic heterocycles. The molecule has 3 atom stereocenters. The average molecular weight is 305 g/mol. The summed E-state index contributed by atoms with van der Waals surface area (Å²) in [5, 5.41) is 3.74. The summed E-state index contributed by atoms with van der Waals surface area (Å²) in [7, 11) is 0. The minimum absolute atomic E-state index is 0.638. The van der Waals surface area contributed by atoms with Gasteiger partial charge in [0.2, 0.25) is 0 Å². The standard InChI is InChI=1S/C18H28N2S/c1-13(2)17-11-20(14(3)8-9-19-17)10-15-12-21-18-7-5-4-6-16(15)18/h4-7,13-15,17,19H,8-12H2,1-3H3. The van der Waals surface area contributed by atoms with Crippen molar-refractivity contribution in [2.75, 3.05) is 25.4 Å². The lowest BCUT2D eigenvalue weighted by molar-refractivity contribution is 0.184. The Morgan fingerprint density at radius 3 is 2.95 bits per heavy atom. The van der Waals surface area contributed by atoms with Gasteiger partial charge in [-0.25, -0.2) is 0 Å². The fourth-order valence-electron chi connectivity index (χ4n) is 3.52. The lowest BCUT2D eigenvalue weighted by Crippen LogP contribution is -2.44. The van der Waals surface area contributed by atoms with Crippen molar-refractivity contribution in [3.8, 4) is 0 Å². The van der Waals surface area contributed by atoms with Crippen molar-refractivity contribution in [2.45, 2.75) is 50.1 Å². The zero-order chi connectivity index (χ0) is 14.8. The lowest BCUT2D eigenvalue weighted by Gasteiger charge is -2.32. The van der Waals surface area contributed by atoms with Crippen LogP contribution in [-0.2, 0) is 0 Å². The van der Waals surface area contributed by atoms with Crippen LogP contribution in [0.1, 0.15) is 38.7 Å². The van der Waals surface area contributed by atoms with Gasteiger partial charge in [0.1, 0.15) is 0 Å². The highest BCUT2D eigenvalue weighted by Gasteiger charge is 2.30. The molecule has 3 heteroatoms. The van der Waals surface area contributed by atoms with Gasteiger partial charge in [0.25, 0.3) is 0 Å². The Bertz CT molecular complexity index is 474. The van der Waals surface area contributed by atoms with Crippen LogP contribution in [0.25, 0.3) is 0 Å². The second-order valence-corrected chi connectivity index (χ2v) is 8.00. The molecule has 1 aromatic rings. The number of thioether (sulfide) groups is 1. The van der Waals surface area contributed by atoms with Crippen molar-refractivity contribution >= 4 is 11.8 Å². The van der Waals surface area contributed by atoms with Crippen LogP contribution < -0.4 is 5.32 Å². The van der Waals surface area contributed by atoms with E-state index >= 15 is 0 Å². The Morgan fingerprint density at radius 2 is 2.14 bits per heavy atom. The van der Waals surface area contributed by atoms with Gasteiger partial charge in [0, 0.05) is 41.7 Å². The van der Waals surface area contributed by atoms with E-state index < -0.39 is 0 Å². The number of benzene rings is 1. The monoisotopic (exact) mass is 304 g/mol. The molecule has 3 unspecified atom stereocenters. The largest absolute Gasteiger partial charge is 0.312 e. The van der Waals surface area contributed by atoms with Gasteiger partial charge in [-0.2, -0.15) is 0 Å². The van der Waals surface area contributed by atoms with Gasteiger partial charge >= 0.3 is 0 Å². The van der Waals surface area contributed by atoms with Crippen molar-refractivity contribution in [3.63, 3.8) is 0 Å². The van der Waals surface area contributed by atoms with Crippen LogP contribution in [0.3, 0.4) is 0 Å². The molecule has 0 saturated carbocycles. The Balaban J connectivity index is 1.71. The smallest absolute Gasteiger partial charge is 0.0218 e. The molecule has 3 rings (SSSR count). The predicted octanol–water partition coefficient (Wildman–Crippen LogP) is 3.58. The third-order valence-electron chi connectivity index (χ3n) is 5.08. The number of nitrogens with zero attached hydrogens (tertiary/aromatic N) is 1. The van der Waals surface area contributed by atoms with Gasteiger partial charge in [-0.1, -0.05) is 32.0 Å². The molecular weight excluding hydrogens is 276 g/mol. The van der Waals surface area contributed by atoms with Gasteiger partial charge in [0.05, 0.1) is 0 Å². The van der Waals surface area contributed by atoms with Gasteiger partial charge in [-0.15, -0.1) is 11.8 Å². The van der Waals surface area contributed by atoms with E-state index in [1.54, 1.807) is 5.56 Å². The highest BCUT2D eigenvalue weighted by Crippen LogP contribution is 2.40. The molecule has 1 aromatic carbocycles. The fraction of sp³-hybridized carbons (Fsp3) is 0.667. The molecule has 0 spiro atoms. The third-order valence-corrected chi connectivity index (χ3v) is 6.33. The maximum Gasteiger partial charge on any atom is 0.0218 e. The Morgan fingerprint density at radius 1 is 1.33 bits per heavy atom. The van der Waals surface area contributed by atoms with Crippen molar-refractivity contribution < 1.29 is 0 Å². The zero-order valence-electron chi connectivity index (χ0n) is 13.5. The Labute approximate surface area is 133 Å². The van der Waals surface area contributed by atoms with Crippen LogP contribution in [0.4, 0.5) is 0 Å². The quantitative estimate of drug-likeness (QED) is 0.919. The number of rotatable bonds is 3. The lowest BCUT2D eigenvalue weighted by atomic mass is 9.98. The summed E-state index contributed by atoms with van der Waals surface area (Å²) in [6.07, 6.45) is 1.27. The molecule has 0 bridgehead atoms. The molecule has 1 saturated heterocycles. The molecule has 1 N–H and O–H groups in total. The topological polar surface area (TPSA) is 15.3 Å². The predicted molar refractivity (Wildman–Crippen MR) is 92.2 cm³/mol. The molecule has 2 nitrogen and oxygen atoms in total. The van der Waals surface area contributed by atoms with Crippen LogP contribution in [-0.4, -0.2) is 42.4 Å². The average Bonchev–Trinajstić information content (AvgIpc) is 2.78. The highest BCUT2D eigenvalue weighted by atomic mass is 32.2. The second-order valence-electron chi connectivity index (χ2n) is 6.94. The van der Waals surface area contributed by atoms with E-state index in [1.807, 2.05) is 11.8 Å². The van der Waals surface area contributed by atoms with Gasteiger partial charge < -0.3 is 5.32 Å². The number of nitrogens with one attached hydrogen (secondary N) is 1. The molecule has 0 aliphatic carbocycles. The zero-order valence-corrected chi connectivity index (χ0v) is 14.3. The molecule has 21 heavy (non-hydrogen) atoms. The van der Waals surface area contributed by atoms with Gasteiger partial charge in [-0.3, -0.25) is 4.90 Å². The number of fused-ring (bicyclic) bond motifs is 1.